The first kappa shape index (κ1) is 14.9. The lowest BCUT2D eigenvalue weighted by atomic mass is 9.96. The largest absolute Gasteiger partial charge is 0.315 e. The van der Waals surface area contributed by atoms with Gasteiger partial charge in [-0.05, 0) is 57.8 Å². The number of hydrogen-bond donors (Lipinski definition) is 1. The molecule has 0 spiro atoms. The summed E-state index contributed by atoms with van der Waals surface area (Å²) in [4.78, 5) is 2.63. The predicted octanol–water partition coefficient (Wildman–Crippen LogP) is 4.29. The van der Waals surface area contributed by atoms with Gasteiger partial charge in [0.2, 0.25) is 0 Å². The Kier molecular flexibility index (Phi) is 4.42. The lowest BCUT2D eigenvalue weighted by Gasteiger charge is -2.30. The first-order valence-corrected chi connectivity index (χ1v) is 9.32. The number of benzene rings is 2. The third-order valence-electron chi connectivity index (χ3n) is 4.69. The van der Waals surface area contributed by atoms with Gasteiger partial charge in [0.1, 0.15) is 0 Å². The van der Waals surface area contributed by atoms with Crippen molar-refractivity contribution in [2.75, 3.05) is 26.2 Å². The zero-order chi connectivity index (χ0) is 15.5. The molecule has 0 amide bonds. The van der Waals surface area contributed by atoms with E-state index in [0.29, 0.717) is 6.04 Å². The third-order valence-corrected chi connectivity index (χ3v) is 5.39. The fraction of sp³-hybridized carbons (Fsp3) is 0.300. The molecule has 0 radical (unpaired) electrons. The molecule has 0 saturated carbocycles. The smallest absolute Gasteiger partial charge is 0.0610 e. The molecule has 1 saturated heterocycles. The van der Waals surface area contributed by atoms with Gasteiger partial charge >= 0.3 is 0 Å². The van der Waals surface area contributed by atoms with Crippen molar-refractivity contribution in [2.45, 2.75) is 12.5 Å². The van der Waals surface area contributed by atoms with E-state index >= 15 is 0 Å². The lowest BCUT2D eigenvalue weighted by molar-refractivity contribution is 0.241. The second kappa shape index (κ2) is 6.83. The summed E-state index contributed by atoms with van der Waals surface area (Å²) in [7, 11) is 0. The molecule has 1 N–H and O–H groups in total. The van der Waals surface area contributed by atoms with Crippen molar-refractivity contribution in [1.82, 2.24) is 10.2 Å². The van der Waals surface area contributed by atoms with E-state index in [2.05, 4.69) is 69.5 Å². The van der Waals surface area contributed by atoms with Gasteiger partial charge in [0.15, 0.2) is 0 Å². The highest BCUT2D eigenvalue weighted by Crippen LogP contribution is 2.32. The van der Waals surface area contributed by atoms with Gasteiger partial charge in [-0.25, -0.2) is 0 Å². The average Bonchev–Trinajstić information content (AvgIpc) is 2.98. The van der Waals surface area contributed by atoms with Gasteiger partial charge in [-0.3, -0.25) is 4.90 Å². The fourth-order valence-electron chi connectivity index (χ4n) is 3.55. The van der Waals surface area contributed by atoms with Gasteiger partial charge in [0.25, 0.3) is 0 Å². The van der Waals surface area contributed by atoms with Crippen molar-refractivity contribution in [3.05, 3.63) is 70.4 Å². The number of fused-ring (bicyclic) bond motifs is 1. The summed E-state index contributed by atoms with van der Waals surface area (Å²) in [6, 6.07) is 18.2. The Balaban J connectivity index is 1.76. The molecule has 1 fully saturated rings. The molecular formula is C20H22N2S. The van der Waals surface area contributed by atoms with E-state index in [4.69, 9.17) is 0 Å². The highest BCUT2D eigenvalue weighted by atomic mass is 32.1. The molecule has 118 valence electrons. The summed E-state index contributed by atoms with van der Waals surface area (Å²) in [5, 5.41) is 10.7. The third kappa shape index (κ3) is 3.18. The van der Waals surface area contributed by atoms with E-state index in [-0.39, 0.29) is 0 Å². The number of thiophene rings is 1. The second-order valence-corrected chi connectivity index (χ2v) is 6.99. The van der Waals surface area contributed by atoms with Crippen molar-refractivity contribution in [2.24, 2.45) is 0 Å². The minimum Gasteiger partial charge on any atom is -0.315 e. The van der Waals surface area contributed by atoms with Crippen LogP contribution in [0.2, 0.25) is 0 Å². The van der Waals surface area contributed by atoms with E-state index in [1.54, 1.807) is 11.3 Å². The van der Waals surface area contributed by atoms with Gasteiger partial charge in [0, 0.05) is 19.6 Å². The summed E-state index contributed by atoms with van der Waals surface area (Å²) in [6.45, 7) is 4.46. The average molecular weight is 322 g/mol. The molecule has 1 aliphatic heterocycles. The molecular weight excluding hydrogens is 300 g/mol. The monoisotopic (exact) mass is 322 g/mol. The van der Waals surface area contributed by atoms with E-state index in [0.717, 1.165) is 26.2 Å². The van der Waals surface area contributed by atoms with Gasteiger partial charge in [-0.2, -0.15) is 11.3 Å². The van der Waals surface area contributed by atoms with Crippen LogP contribution >= 0.6 is 11.3 Å². The van der Waals surface area contributed by atoms with Crippen molar-refractivity contribution in [3.8, 4) is 0 Å². The maximum absolute atomic E-state index is 3.52. The van der Waals surface area contributed by atoms with Gasteiger partial charge in [0.05, 0.1) is 6.04 Å². The summed E-state index contributed by atoms with van der Waals surface area (Å²) < 4.78 is 0. The Bertz CT molecular complexity index is 758. The summed E-state index contributed by atoms with van der Waals surface area (Å²) in [5.74, 6) is 0. The highest BCUT2D eigenvalue weighted by molar-refractivity contribution is 7.08. The minimum absolute atomic E-state index is 0.366. The van der Waals surface area contributed by atoms with Crippen LogP contribution in [0.1, 0.15) is 23.6 Å². The standard InChI is InChI=1S/C20H22N2S/c1-2-5-17-14-18(7-6-16(17)4-1)20(19-8-13-23-15-19)22-11-3-9-21-10-12-22/h1-2,4-8,13-15,20-21H,3,9-12H2. The predicted molar refractivity (Wildman–Crippen MR) is 99.2 cm³/mol. The van der Waals surface area contributed by atoms with Crippen molar-refractivity contribution in [3.63, 3.8) is 0 Å². The highest BCUT2D eigenvalue weighted by Gasteiger charge is 2.23. The SMILES string of the molecule is c1ccc2cc(C(c3ccsc3)N3CCCNCC3)ccc2c1. The quantitative estimate of drug-likeness (QED) is 0.774. The molecule has 4 rings (SSSR count). The second-order valence-electron chi connectivity index (χ2n) is 6.21. The fourth-order valence-corrected chi connectivity index (χ4v) is 4.23. The van der Waals surface area contributed by atoms with Gasteiger partial charge in [-0.15, -0.1) is 0 Å². The molecule has 1 atom stereocenters. The molecule has 1 unspecified atom stereocenters. The van der Waals surface area contributed by atoms with Crippen LogP contribution in [-0.2, 0) is 0 Å². The minimum atomic E-state index is 0.366. The zero-order valence-electron chi connectivity index (χ0n) is 13.2. The van der Waals surface area contributed by atoms with Crippen LogP contribution in [0.5, 0.6) is 0 Å². The number of nitrogens with one attached hydrogen (secondary N) is 1. The van der Waals surface area contributed by atoms with Gasteiger partial charge in [-0.1, -0.05) is 36.4 Å². The van der Waals surface area contributed by atoms with Crippen LogP contribution in [0, 0.1) is 0 Å². The van der Waals surface area contributed by atoms with Crippen LogP contribution in [0.4, 0.5) is 0 Å². The topological polar surface area (TPSA) is 15.3 Å². The maximum Gasteiger partial charge on any atom is 0.0610 e. The van der Waals surface area contributed by atoms with Gasteiger partial charge < -0.3 is 5.32 Å². The van der Waals surface area contributed by atoms with Crippen LogP contribution in [0.3, 0.4) is 0 Å². The Morgan fingerprint density at radius 1 is 0.913 bits per heavy atom. The zero-order valence-corrected chi connectivity index (χ0v) is 14.1. The molecule has 2 nitrogen and oxygen atoms in total. The molecule has 0 aliphatic carbocycles. The molecule has 2 aromatic carbocycles. The molecule has 23 heavy (non-hydrogen) atoms. The normalized spacial score (nSPS) is 17.9. The number of nitrogens with zero attached hydrogens (tertiary/aromatic N) is 1. The number of hydrogen-bond acceptors (Lipinski definition) is 3. The Hall–Kier alpha value is -1.68. The first-order chi connectivity index (χ1) is 11.4. The molecule has 1 aliphatic rings. The van der Waals surface area contributed by atoms with Crippen molar-refractivity contribution < 1.29 is 0 Å². The Morgan fingerprint density at radius 3 is 2.70 bits per heavy atom. The van der Waals surface area contributed by atoms with Crippen molar-refractivity contribution in [1.29, 1.82) is 0 Å². The molecule has 3 aromatic rings. The van der Waals surface area contributed by atoms with E-state index in [9.17, 15) is 0 Å². The van der Waals surface area contributed by atoms with Crippen molar-refractivity contribution >= 4 is 22.1 Å². The summed E-state index contributed by atoms with van der Waals surface area (Å²) in [6.07, 6.45) is 1.22. The molecule has 0 bridgehead atoms. The van der Waals surface area contributed by atoms with E-state index in [1.807, 2.05) is 0 Å². The molecule has 3 heteroatoms. The van der Waals surface area contributed by atoms with E-state index < -0.39 is 0 Å². The Labute approximate surface area is 141 Å². The molecule has 2 heterocycles. The van der Waals surface area contributed by atoms with Crippen LogP contribution in [0.15, 0.2) is 59.3 Å². The van der Waals surface area contributed by atoms with Crippen LogP contribution in [-0.4, -0.2) is 31.1 Å². The Morgan fingerprint density at radius 2 is 1.83 bits per heavy atom. The number of rotatable bonds is 3. The summed E-state index contributed by atoms with van der Waals surface area (Å²) in [5.41, 5.74) is 2.83. The maximum atomic E-state index is 3.52. The van der Waals surface area contributed by atoms with Crippen LogP contribution in [0.25, 0.3) is 10.8 Å². The van der Waals surface area contributed by atoms with E-state index in [1.165, 1.54) is 28.3 Å². The first-order valence-electron chi connectivity index (χ1n) is 8.37. The summed E-state index contributed by atoms with van der Waals surface area (Å²) >= 11 is 1.79. The molecule has 1 aromatic heterocycles. The van der Waals surface area contributed by atoms with Crippen LogP contribution < -0.4 is 5.32 Å². The lowest BCUT2D eigenvalue weighted by Crippen LogP contribution is -2.32.